The lowest BCUT2D eigenvalue weighted by molar-refractivity contribution is -0.00479. The third kappa shape index (κ3) is 2.35. The molecule has 120 valence electrons. The fourth-order valence-corrected chi connectivity index (χ4v) is 3.17. The van der Waals surface area contributed by atoms with E-state index in [4.69, 9.17) is 14.2 Å². The van der Waals surface area contributed by atoms with E-state index in [1.807, 2.05) is 47.0 Å². The van der Waals surface area contributed by atoms with Gasteiger partial charge in [-0.15, -0.1) is 0 Å². The number of para-hydroxylation sites is 1. The zero-order chi connectivity index (χ0) is 15.8. The third-order valence-electron chi connectivity index (χ3n) is 4.34. The predicted molar refractivity (Wildman–Crippen MR) is 82.6 cm³/mol. The van der Waals surface area contributed by atoms with Crippen molar-refractivity contribution in [3.63, 3.8) is 0 Å². The fourth-order valence-electron chi connectivity index (χ4n) is 3.17. The fraction of sp³-hybridized carbons (Fsp3) is 0.353. The highest BCUT2D eigenvalue weighted by Crippen LogP contribution is 2.37. The van der Waals surface area contributed by atoms with Gasteiger partial charge in [0.05, 0.1) is 24.8 Å². The van der Waals surface area contributed by atoms with Crippen LogP contribution in [0.25, 0.3) is 0 Å². The smallest absolute Gasteiger partial charge is 0.258 e. The second-order valence-electron chi connectivity index (χ2n) is 5.67. The van der Waals surface area contributed by atoms with Crippen molar-refractivity contribution >= 4 is 5.91 Å². The number of benzene rings is 1. The molecule has 0 aliphatic carbocycles. The normalized spacial score (nSPS) is 19.9. The number of ether oxygens (including phenoxy) is 3. The summed E-state index contributed by atoms with van der Waals surface area (Å²) in [5.41, 5.74) is 1.60. The molecule has 1 amide bonds. The summed E-state index contributed by atoms with van der Waals surface area (Å²) in [6.45, 7) is 1.75. The van der Waals surface area contributed by atoms with E-state index in [0.717, 1.165) is 5.69 Å². The van der Waals surface area contributed by atoms with Crippen LogP contribution in [0.1, 0.15) is 22.1 Å². The maximum absolute atomic E-state index is 13.1. The van der Waals surface area contributed by atoms with Crippen molar-refractivity contribution in [2.24, 2.45) is 7.05 Å². The Hall–Kier alpha value is -2.47. The average Bonchev–Trinajstić information content (AvgIpc) is 3.22. The van der Waals surface area contributed by atoms with Gasteiger partial charge >= 0.3 is 0 Å². The van der Waals surface area contributed by atoms with Gasteiger partial charge in [-0.1, -0.05) is 6.07 Å². The summed E-state index contributed by atoms with van der Waals surface area (Å²) >= 11 is 0. The molecule has 2 aliphatic rings. The summed E-state index contributed by atoms with van der Waals surface area (Å²) in [4.78, 5) is 15.0. The first kappa shape index (κ1) is 14.1. The molecule has 0 spiro atoms. The number of nitrogens with zero attached hydrogens (tertiary/aromatic N) is 2. The number of hydrogen-bond acceptors (Lipinski definition) is 4. The molecule has 1 fully saturated rings. The van der Waals surface area contributed by atoms with Crippen LogP contribution in [0.5, 0.6) is 11.5 Å². The lowest BCUT2D eigenvalue weighted by Crippen LogP contribution is -2.44. The molecule has 1 saturated heterocycles. The Kier molecular flexibility index (Phi) is 3.46. The zero-order valence-corrected chi connectivity index (χ0v) is 12.9. The second kappa shape index (κ2) is 5.62. The Labute approximate surface area is 134 Å². The van der Waals surface area contributed by atoms with Crippen molar-refractivity contribution in [2.45, 2.75) is 6.04 Å². The van der Waals surface area contributed by atoms with Crippen molar-refractivity contribution in [1.82, 2.24) is 9.47 Å². The van der Waals surface area contributed by atoms with E-state index in [2.05, 4.69) is 0 Å². The molecule has 0 bridgehead atoms. The van der Waals surface area contributed by atoms with Gasteiger partial charge in [-0.25, -0.2) is 0 Å². The minimum atomic E-state index is -0.102. The predicted octanol–water partition coefficient (Wildman–Crippen LogP) is 1.97. The first-order chi connectivity index (χ1) is 11.3. The highest BCUT2D eigenvalue weighted by molar-refractivity contribution is 5.98. The van der Waals surface area contributed by atoms with E-state index in [1.54, 1.807) is 6.07 Å². The van der Waals surface area contributed by atoms with E-state index in [1.165, 1.54) is 0 Å². The average molecular weight is 314 g/mol. The van der Waals surface area contributed by atoms with E-state index in [-0.39, 0.29) is 18.7 Å². The summed E-state index contributed by atoms with van der Waals surface area (Å²) in [5, 5.41) is 0. The lowest BCUT2D eigenvalue weighted by atomic mass is 10.1. The number of amides is 1. The van der Waals surface area contributed by atoms with Gasteiger partial charge in [0.2, 0.25) is 6.79 Å². The highest BCUT2D eigenvalue weighted by atomic mass is 16.7. The number of aryl methyl sites for hydroxylation is 1. The van der Waals surface area contributed by atoms with Gasteiger partial charge in [-0.05, 0) is 24.3 Å². The highest BCUT2D eigenvalue weighted by Gasteiger charge is 2.33. The number of hydrogen-bond donors (Lipinski definition) is 0. The summed E-state index contributed by atoms with van der Waals surface area (Å²) in [5.74, 6) is 1.11. The van der Waals surface area contributed by atoms with Gasteiger partial charge in [0, 0.05) is 25.5 Å². The molecule has 2 aliphatic heterocycles. The van der Waals surface area contributed by atoms with Crippen molar-refractivity contribution < 1.29 is 19.0 Å². The minimum Gasteiger partial charge on any atom is -0.454 e. The molecular formula is C17H18N2O4. The van der Waals surface area contributed by atoms with Gasteiger partial charge in [-0.3, -0.25) is 4.79 Å². The Morgan fingerprint density at radius 3 is 2.96 bits per heavy atom. The summed E-state index contributed by atoms with van der Waals surface area (Å²) < 4.78 is 18.5. The van der Waals surface area contributed by atoms with E-state index < -0.39 is 0 Å². The molecule has 1 unspecified atom stereocenters. The molecule has 0 saturated carbocycles. The Morgan fingerprint density at radius 1 is 1.22 bits per heavy atom. The minimum absolute atomic E-state index is 0.0538. The van der Waals surface area contributed by atoms with Crippen LogP contribution in [0.2, 0.25) is 0 Å². The molecule has 1 aromatic carbocycles. The summed E-state index contributed by atoms with van der Waals surface area (Å²) in [6, 6.07) is 9.31. The standard InChI is InChI=1S/C17H18N2O4/c1-18-7-3-5-13(18)14-10-21-9-8-19(14)17(20)12-4-2-6-15-16(12)23-11-22-15/h2-7,14H,8-11H2,1H3. The molecule has 4 rings (SSSR count). The molecule has 3 heterocycles. The van der Waals surface area contributed by atoms with Crippen LogP contribution in [0, 0.1) is 0 Å². The second-order valence-corrected chi connectivity index (χ2v) is 5.67. The summed E-state index contributed by atoms with van der Waals surface area (Å²) in [7, 11) is 1.98. The molecule has 0 radical (unpaired) electrons. The topological polar surface area (TPSA) is 52.9 Å². The number of rotatable bonds is 2. The van der Waals surface area contributed by atoms with Gasteiger partial charge in [0.1, 0.15) is 0 Å². The van der Waals surface area contributed by atoms with Gasteiger partial charge in [0.25, 0.3) is 5.91 Å². The van der Waals surface area contributed by atoms with Crippen molar-refractivity contribution in [3.05, 3.63) is 47.8 Å². The van der Waals surface area contributed by atoms with E-state index in [9.17, 15) is 4.79 Å². The van der Waals surface area contributed by atoms with Gasteiger partial charge in [0.15, 0.2) is 11.5 Å². The first-order valence-electron chi connectivity index (χ1n) is 7.64. The maximum Gasteiger partial charge on any atom is 0.258 e. The SMILES string of the molecule is Cn1cccc1C1COCCN1C(=O)c1cccc2c1OCO2. The van der Waals surface area contributed by atoms with E-state index >= 15 is 0 Å². The molecular weight excluding hydrogens is 296 g/mol. The van der Waals surface area contributed by atoms with Crippen LogP contribution in [0.4, 0.5) is 0 Å². The molecule has 6 nitrogen and oxygen atoms in total. The van der Waals surface area contributed by atoms with Crippen molar-refractivity contribution in [1.29, 1.82) is 0 Å². The largest absolute Gasteiger partial charge is 0.454 e. The number of carbonyl (C=O) groups is 1. The molecule has 0 N–H and O–H groups in total. The lowest BCUT2D eigenvalue weighted by Gasteiger charge is -2.36. The van der Waals surface area contributed by atoms with E-state index in [0.29, 0.717) is 36.8 Å². The number of carbonyl (C=O) groups excluding carboxylic acids is 1. The zero-order valence-electron chi connectivity index (χ0n) is 12.9. The Bertz CT molecular complexity index is 740. The quantitative estimate of drug-likeness (QED) is 0.850. The molecule has 2 aromatic rings. The number of morpholine rings is 1. The molecule has 6 heteroatoms. The van der Waals surface area contributed by atoms with Crippen molar-refractivity contribution in [2.75, 3.05) is 26.6 Å². The summed E-state index contributed by atoms with van der Waals surface area (Å²) in [6.07, 6.45) is 1.98. The number of fused-ring (bicyclic) bond motifs is 1. The first-order valence-corrected chi connectivity index (χ1v) is 7.64. The van der Waals surface area contributed by atoms with Crippen LogP contribution in [0.15, 0.2) is 36.5 Å². The number of aromatic nitrogens is 1. The van der Waals surface area contributed by atoms with Gasteiger partial charge < -0.3 is 23.7 Å². The molecule has 1 aromatic heterocycles. The Morgan fingerprint density at radius 2 is 2.13 bits per heavy atom. The third-order valence-corrected chi connectivity index (χ3v) is 4.34. The monoisotopic (exact) mass is 314 g/mol. The molecule has 1 atom stereocenters. The Balaban J connectivity index is 1.69. The van der Waals surface area contributed by atoms with Crippen LogP contribution < -0.4 is 9.47 Å². The maximum atomic E-state index is 13.1. The van der Waals surface area contributed by atoms with Crippen LogP contribution in [-0.2, 0) is 11.8 Å². The van der Waals surface area contributed by atoms with Crippen LogP contribution >= 0.6 is 0 Å². The van der Waals surface area contributed by atoms with Crippen LogP contribution in [-0.4, -0.2) is 41.9 Å². The molecule has 23 heavy (non-hydrogen) atoms. The van der Waals surface area contributed by atoms with Crippen LogP contribution in [0.3, 0.4) is 0 Å². The van der Waals surface area contributed by atoms with Crippen molar-refractivity contribution in [3.8, 4) is 11.5 Å². The van der Waals surface area contributed by atoms with Gasteiger partial charge in [-0.2, -0.15) is 0 Å².